The summed E-state index contributed by atoms with van der Waals surface area (Å²) in [6, 6.07) is 27.2. The minimum atomic E-state index is -0.146. The van der Waals surface area contributed by atoms with E-state index in [0.717, 1.165) is 32.8 Å². The molecule has 3 aromatic carbocycles. The van der Waals surface area contributed by atoms with Gasteiger partial charge in [0.15, 0.2) is 5.82 Å². The summed E-state index contributed by atoms with van der Waals surface area (Å²) in [5.41, 5.74) is 7.77. The van der Waals surface area contributed by atoms with Crippen LogP contribution in [0, 0.1) is 0 Å². The topological polar surface area (TPSA) is 25.8 Å². The average Bonchev–Trinajstić information content (AvgIpc) is 2.96. The third kappa shape index (κ3) is 2.61. The first-order valence-electron chi connectivity index (χ1n) is 9.39. The summed E-state index contributed by atoms with van der Waals surface area (Å²) in [5, 5.41) is 0. The predicted octanol–water partition coefficient (Wildman–Crippen LogP) is 6.88. The van der Waals surface area contributed by atoms with Crippen molar-refractivity contribution in [3.05, 3.63) is 94.5 Å². The monoisotopic (exact) mass is 426 g/mol. The molecule has 0 amide bonds. The summed E-state index contributed by atoms with van der Waals surface area (Å²) in [6.07, 6.45) is 0. The highest BCUT2D eigenvalue weighted by molar-refractivity contribution is 9.10. The molecule has 1 aliphatic rings. The standard InChI is InChI=1S/C25H19BrN2/c1-25(2)20-14-7-6-13-19(20)23-21(25)22(16-9-4-3-5-10-16)27-24(28-23)17-11-8-12-18(26)15-17/h3-15H,1-2H3. The van der Waals surface area contributed by atoms with Crippen LogP contribution in [0.2, 0.25) is 0 Å². The molecule has 4 aromatic rings. The molecule has 0 unspecified atom stereocenters. The molecule has 0 atom stereocenters. The summed E-state index contributed by atoms with van der Waals surface area (Å²) in [4.78, 5) is 10.1. The van der Waals surface area contributed by atoms with Crippen molar-refractivity contribution in [3.8, 4) is 33.9 Å². The zero-order valence-electron chi connectivity index (χ0n) is 15.8. The van der Waals surface area contributed by atoms with Gasteiger partial charge in [-0.15, -0.1) is 0 Å². The molecule has 0 fully saturated rings. The molecule has 1 aliphatic carbocycles. The third-order valence-electron chi connectivity index (χ3n) is 5.52. The van der Waals surface area contributed by atoms with Crippen molar-refractivity contribution in [2.75, 3.05) is 0 Å². The lowest BCUT2D eigenvalue weighted by Crippen LogP contribution is -2.17. The van der Waals surface area contributed by atoms with E-state index in [0.29, 0.717) is 0 Å². The van der Waals surface area contributed by atoms with Gasteiger partial charge in [0.05, 0.1) is 11.4 Å². The van der Waals surface area contributed by atoms with E-state index in [4.69, 9.17) is 9.97 Å². The second-order valence-electron chi connectivity index (χ2n) is 7.67. The Morgan fingerprint density at radius 1 is 0.714 bits per heavy atom. The molecule has 28 heavy (non-hydrogen) atoms. The van der Waals surface area contributed by atoms with Gasteiger partial charge in [0.1, 0.15) is 0 Å². The van der Waals surface area contributed by atoms with Crippen molar-refractivity contribution in [1.29, 1.82) is 0 Å². The number of fused-ring (bicyclic) bond motifs is 3. The van der Waals surface area contributed by atoms with Crippen LogP contribution < -0.4 is 0 Å². The highest BCUT2D eigenvalue weighted by Crippen LogP contribution is 2.51. The van der Waals surface area contributed by atoms with E-state index in [-0.39, 0.29) is 5.41 Å². The van der Waals surface area contributed by atoms with E-state index >= 15 is 0 Å². The smallest absolute Gasteiger partial charge is 0.160 e. The van der Waals surface area contributed by atoms with Crippen molar-refractivity contribution >= 4 is 15.9 Å². The summed E-state index contributed by atoms with van der Waals surface area (Å²) in [6.45, 7) is 4.54. The zero-order chi connectivity index (χ0) is 19.3. The van der Waals surface area contributed by atoms with Gasteiger partial charge in [-0.25, -0.2) is 9.97 Å². The molecule has 136 valence electrons. The Balaban J connectivity index is 1.86. The summed E-state index contributed by atoms with van der Waals surface area (Å²) in [5.74, 6) is 0.756. The Morgan fingerprint density at radius 3 is 2.18 bits per heavy atom. The first-order valence-corrected chi connectivity index (χ1v) is 10.2. The maximum atomic E-state index is 5.07. The molecule has 0 saturated carbocycles. The number of aromatic nitrogens is 2. The predicted molar refractivity (Wildman–Crippen MR) is 118 cm³/mol. The first-order chi connectivity index (χ1) is 13.6. The lowest BCUT2D eigenvalue weighted by Gasteiger charge is -2.23. The second kappa shape index (κ2) is 6.39. The minimum absolute atomic E-state index is 0.146. The van der Waals surface area contributed by atoms with Gasteiger partial charge < -0.3 is 0 Å². The zero-order valence-corrected chi connectivity index (χ0v) is 17.4. The minimum Gasteiger partial charge on any atom is -0.228 e. The Morgan fingerprint density at radius 2 is 1.39 bits per heavy atom. The van der Waals surface area contributed by atoms with Crippen molar-refractivity contribution in [2.24, 2.45) is 0 Å². The van der Waals surface area contributed by atoms with Crippen LogP contribution in [0.4, 0.5) is 0 Å². The lowest BCUT2D eigenvalue weighted by atomic mass is 9.81. The molecule has 5 rings (SSSR count). The molecular formula is C25H19BrN2. The normalized spacial score (nSPS) is 13.8. The number of hydrogen-bond donors (Lipinski definition) is 0. The molecule has 0 spiro atoms. The maximum absolute atomic E-state index is 5.07. The van der Waals surface area contributed by atoms with Gasteiger partial charge in [-0.2, -0.15) is 0 Å². The van der Waals surface area contributed by atoms with Gasteiger partial charge in [0, 0.05) is 32.1 Å². The highest BCUT2D eigenvalue weighted by atomic mass is 79.9. The van der Waals surface area contributed by atoms with Crippen LogP contribution in [0.3, 0.4) is 0 Å². The van der Waals surface area contributed by atoms with Crippen LogP contribution in [0.5, 0.6) is 0 Å². The van der Waals surface area contributed by atoms with Gasteiger partial charge >= 0.3 is 0 Å². The van der Waals surface area contributed by atoms with Gasteiger partial charge in [-0.3, -0.25) is 0 Å². The van der Waals surface area contributed by atoms with Crippen molar-refractivity contribution in [1.82, 2.24) is 9.97 Å². The lowest BCUT2D eigenvalue weighted by molar-refractivity contribution is 0.658. The molecular weight excluding hydrogens is 408 g/mol. The SMILES string of the molecule is CC1(C)c2ccccc2-c2nc(-c3cccc(Br)c3)nc(-c3ccccc3)c21. The molecule has 1 aromatic heterocycles. The van der Waals surface area contributed by atoms with Gasteiger partial charge in [0.25, 0.3) is 0 Å². The fraction of sp³-hybridized carbons (Fsp3) is 0.120. The molecule has 0 N–H and O–H groups in total. The van der Waals surface area contributed by atoms with Crippen molar-refractivity contribution in [3.63, 3.8) is 0 Å². The average molecular weight is 427 g/mol. The number of hydrogen-bond acceptors (Lipinski definition) is 2. The van der Waals surface area contributed by atoms with Crippen LogP contribution in [0.15, 0.2) is 83.3 Å². The quantitative estimate of drug-likeness (QED) is 0.349. The number of halogens is 1. The summed E-state index contributed by atoms with van der Waals surface area (Å²) >= 11 is 3.57. The molecule has 0 bridgehead atoms. The molecule has 1 heterocycles. The number of benzene rings is 3. The third-order valence-corrected chi connectivity index (χ3v) is 6.01. The Labute approximate surface area is 173 Å². The van der Waals surface area contributed by atoms with Crippen LogP contribution in [-0.2, 0) is 5.41 Å². The van der Waals surface area contributed by atoms with E-state index in [1.54, 1.807) is 0 Å². The Hall–Kier alpha value is -2.78. The van der Waals surface area contributed by atoms with E-state index in [2.05, 4.69) is 90.4 Å². The van der Waals surface area contributed by atoms with E-state index in [1.807, 2.05) is 18.2 Å². The Kier molecular flexibility index (Phi) is 3.95. The maximum Gasteiger partial charge on any atom is 0.160 e. The highest BCUT2D eigenvalue weighted by Gasteiger charge is 2.39. The van der Waals surface area contributed by atoms with E-state index in [9.17, 15) is 0 Å². The molecule has 0 saturated heterocycles. The van der Waals surface area contributed by atoms with Gasteiger partial charge in [0.2, 0.25) is 0 Å². The van der Waals surface area contributed by atoms with Crippen molar-refractivity contribution in [2.45, 2.75) is 19.3 Å². The van der Waals surface area contributed by atoms with E-state index in [1.165, 1.54) is 16.7 Å². The van der Waals surface area contributed by atoms with Crippen LogP contribution in [-0.4, -0.2) is 9.97 Å². The Bertz CT molecular complexity index is 1200. The van der Waals surface area contributed by atoms with Gasteiger partial charge in [-0.05, 0) is 17.7 Å². The molecule has 0 aliphatic heterocycles. The van der Waals surface area contributed by atoms with Crippen LogP contribution in [0.25, 0.3) is 33.9 Å². The molecule has 0 radical (unpaired) electrons. The van der Waals surface area contributed by atoms with Crippen LogP contribution in [0.1, 0.15) is 25.0 Å². The van der Waals surface area contributed by atoms with Gasteiger partial charge in [-0.1, -0.05) is 96.5 Å². The van der Waals surface area contributed by atoms with E-state index < -0.39 is 0 Å². The number of rotatable bonds is 2. The fourth-order valence-corrected chi connectivity index (χ4v) is 4.58. The van der Waals surface area contributed by atoms with Crippen LogP contribution >= 0.6 is 15.9 Å². The largest absolute Gasteiger partial charge is 0.228 e. The van der Waals surface area contributed by atoms with Crippen molar-refractivity contribution < 1.29 is 0 Å². The second-order valence-corrected chi connectivity index (χ2v) is 8.58. The number of nitrogens with zero attached hydrogens (tertiary/aromatic N) is 2. The molecule has 2 nitrogen and oxygen atoms in total. The fourth-order valence-electron chi connectivity index (χ4n) is 4.18. The summed E-state index contributed by atoms with van der Waals surface area (Å²) < 4.78 is 1.02. The summed E-state index contributed by atoms with van der Waals surface area (Å²) in [7, 11) is 0. The molecule has 3 heteroatoms. The first kappa shape index (κ1) is 17.3.